The van der Waals surface area contributed by atoms with Gasteiger partial charge in [0, 0.05) is 21.2 Å². The number of halogens is 2. The molecular weight excluding hydrogens is 373 g/mol. The van der Waals surface area contributed by atoms with Crippen molar-refractivity contribution < 1.29 is 0 Å². The molecule has 0 aliphatic rings. The maximum absolute atomic E-state index is 5.97. The molecule has 2 aromatic heterocycles. The first-order valence-corrected chi connectivity index (χ1v) is 8.74. The van der Waals surface area contributed by atoms with E-state index in [1.54, 1.807) is 17.7 Å². The molecular formula is C19H15Cl2N3S. The van der Waals surface area contributed by atoms with E-state index < -0.39 is 0 Å². The summed E-state index contributed by atoms with van der Waals surface area (Å²) in [6.45, 7) is 2.13. The molecule has 0 unspecified atom stereocenters. The fraction of sp³-hybridized carbons (Fsp3) is 0.0526. The van der Waals surface area contributed by atoms with Crippen LogP contribution in [-0.2, 0) is 0 Å². The molecule has 0 aliphatic heterocycles. The number of benzene rings is 2. The van der Waals surface area contributed by atoms with Gasteiger partial charge < -0.3 is 5.32 Å². The molecule has 2 heterocycles. The number of aryl methyl sites for hydroxylation is 1. The predicted molar refractivity (Wildman–Crippen MR) is 110 cm³/mol. The first-order chi connectivity index (χ1) is 11.7. The average Bonchev–Trinajstić information content (AvgIpc) is 2.94. The minimum Gasteiger partial charge on any atom is -0.340 e. The molecule has 2 aromatic carbocycles. The van der Waals surface area contributed by atoms with E-state index >= 15 is 0 Å². The molecule has 0 saturated carbocycles. The Balaban J connectivity index is 0.00000182. The number of fused-ring (bicyclic) bond motifs is 1. The molecule has 4 aromatic rings. The van der Waals surface area contributed by atoms with Gasteiger partial charge in [0.2, 0.25) is 0 Å². The van der Waals surface area contributed by atoms with Crippen molar-refractivity contribution in [1.29, 1.82) is 0 Å². The lowest BCUT2D eigenvalue weighted by Crippen LogP contribution is -1.95. The summed E-state index contributed by atoms with van der Waals surface area (Å²) in [4.78, 5) is 11.1. The molecule has 3 nitrogen and oxygen atoms in total. The third-order valence-electron chi connectivity index (χ3n) is 3.83. The fourth-order valence-electron chi connectivity index (χ4n) is 2.76. The molecule has 0 amide bonds. The number of rotatable bonds is 3. The highest BCUT2D eigenvalue weighted by Crippen LogP contribution is 2.40. The van der Waals surface area contributed by atoms with Gasteiger partial charge in [-0.3, -0.25) is 0 Å². The van der Waals surface area contributed by atoms with Gasteiger partial charge in [0.1, 0.15) is 17.0 Å². The van der Waals surface area contributed by atoms with E-state index in [1.165, 1.54) is 16.0 Å². The van der Waals surface area contributed by atoms with Crippen molar-refractivity contribution in [3.05, 3.63) is 70.8 Å². The smallest absolute Gasteiger partial charge is 0.143 e. The molecule has 6 heteroatoms. The van der Waals surface area contributed by atoms with Crippen LogP contribution in [0.4, 0.5) is 11.5 Å². The lowest BCUT2D eigenvalue weighted by atomic mass is 10.0. The van der Waals surface area contributed by atoms with Crippen LogP contribution in [0, 0.1) is 6.92 Å². The van der Waals surface area contributed by atoms with Gasteiger partial charge in [-0.1, -0.05) is 41.9 Å². The van der Waals surface area contributed by atoms with Gasteiger partial charge in [0.05, 0.1) is 5.39 Å². The number of nitrogens with zero attached hydrogens (tertiary/aromatic N) is 2. The van der Waals surface area contributed by atoms with Gasteiger partial charge in [-0.05, 0) is 36.8 Å². The molecule has 0 radical (unpaired) electrons. The van der Waals surface area contributed by atoms with Crippen molar-refractivity contribution in [2.45, 2.75) is 6.92 Å². The van der Waals surface area contributed by atoms with Crippen LogP contribution in [0.5, 0.6) is 0 Å². The molecule has 0 saturated heterocycles. The molecule has 4 rings (SSSR count). The van der Waals surface area contributed by atoms with E-state index in [2.05, 4.69) is 34.3 Å². The second kappa shape index (κ2) is 7.40. The van der Waals surface area contributed by atoms with Crippen LogP contribution in [0.3, 0.4) is 0 Å². The number of nitrogens with one attached hydrogen (secondary N) is 1. The summed E-state index contributed by atoms with van der Waals surface area (Å²) in [6, 6.07) is 18.0. The average molecular weight is 388 g/mol. The van der Waals surface area contributed by atoms with Crippen LogP contribution >= 0.6 is 35.3 Å². The number of hydrogen-bond acceptors (Lipinski definition) is 4. The molecule has 126 valence electrons. The van der Waals surface area contributed by atoms with Crippen molar-refractivity contribution in [2.75, 3.05) is 5.32 Å². The van der Waals surface area contributed by atoms with Gasteiger partial charge in [-0.15, -0.1) is 23.7 Å². The molecule has 0 fully saturated rings. The molecule has 0 bridgehead atoms. The van der Waals surface area contributed by atoms with Crippen LogP contribution in [0.25, 0.3) is 21.3 Å². The van der Waals surface area contributed by atoms with E-state index in [0.29, 0.717) is 5.02 Å². The van der Waals surface area contributed by atoms with Gasteiger partial charge in [0.25, 0.3) is 0 Å². The van der Waals surface area contributed by atoms with Gasteiger partial charge in [-0.25, -0.2) is 9.97 Å². The van der Waals surface area contributed by atoms with Gasteiger partial charge >= 0.3 is 0 Å². The van der Waals surface area contributed by atoms with E-state index in [4.69, 9.17) is 11.6 Å². The summed E-state index contributed by atoms with van der Waals surface area (Å²) < 4.78 is 0. The first kappa shape index (κ1) is 17.7. The van der Waals surface area contributed by atoms with Gasteiger partial charge in [0.15, 0.2) is 0 Å². The zero-order valence-electron chi connectivity index (χ0n) is 13.4. The second-order valence-corrected chi connectivity index (χ2v) is 7.07. The Morgan fingerprint density at radius 2 is 1.68 bits per heavy atom. The summed E-state index contributed by atoms with van der Waals surface area (Å²) >= 11 is 7.66. The van der Waals surface area contributed by atoms with E-state index in [0.717, 1.165) is 21.7 Å². The highest BCUT2D eigenvalue weighted by molar-refractivity contribution is 7.19. The molecule has 0 spiro atoms. The third-order valence-corrected chi connectivity index (χ3v) is 5.10. The minimum atomic E-state index is 0. The van der Waals surface area contributed by atoms with Crippen molar-refractivity contribution in [1.82, 2.24) is 9.97 Å². The Labute approximate surface area is 161 Å². The quantitative estimate of drug-likeness (QED) is 0.436. The topological polar surface area (TPSA) is 37.8 Å². The lowest BCUT2D eigenvalue weighted by molar-refractivity contribution is 1.23. The second-order valence-electron chi connectivity index (χ2n) is 5.43. The highest BCUT2D eigenvalue weighted by atomic mass is 35.5. The fourth-order valence-corrected chi connectivity index (χ4v) is 3.90. The standard InChI is InChI=1S/C19H14ClN3S.ClH/c1-12-16(13-5-3-2-4-6-13)17-18(21-11-22-19(17)24-12)23-15-9-7-14(20)8-10-15;/h2-11H,1H3,(H,21,22,23);1H. The maximum atomic E-state index is 5.97. The van der Waals surface area contributed by atoms with Gasteiger partial charge in [-0.2, -0.15) is 0 Å². The predicted octanol–water partition coefficient (Wildman–Crippen LogP) is 6.49. The third kappa shape index (κ3) is 3.47. The maximum Gasteiger partial charge on any atom is 0.143 e. The van der Waals surface area contributed by atoms with Crippen LogP contribution < -0.4 is 5.32 Å². The summed E-state index contributed by atoms with van der Waals surface area (Å²) in [7, 11) is 0. The Morgan fingerprint density at radius 3 is 2.40 bits per heavy atom. The van der Waals surface area contributed by atoms with E-state index in [9.17, 15) is 0 Å². The zero-order chi connectivity index (χ0) is 16.5. The zero-order valence-corrected chi connectivity index (χ0v) is 15.8. The molecule has 25 heavy (non-hydrogen) atoms. The van der Waals surface area contributed by atoms with Crippen LogP contribution in [0.1, 0.15) is 4.88 Å². The lowest BCUT2D eigenvalue weighted by Gasteiger charge is -2.09. The Bertz CT molecular complexity index is 999. The summed E-state index contributed by atoms with van der Waals surface area (Å²) in [5.74, 6) is 0.811. The minimum absolute atomic E-state index is 0. The van der Waals surface area contributed by atoms with Crippen molar-refractivity contribution >= 4 is 57.1 Å². The van der Waals surface area contributed by atoms with Crippen molar-refractivity contribution in [3.63, 3.8) is 0 Å². The first-order valence-electron chi connectivity index (χ1n) is 7.54. The van der Waals surface area contributed by atoms with Crippen LogP contribution in [0.2, 0.25) is 5.02 Å². The van der Waals surface area contributed by atoms with E-state index in [1.807, 2.05) is 42.5 Å². The molecule has 0 atom stereocenters. The largest absolute Gasteiger partial charge is 0.340 e. The van der Waals surface area contributed by atoms with Crippen molar-refractivity contribution in [3.8, 4) is 11.1 Å². The monoisotopic (exact) mass is 387 g/mol. The number of hydrogen-bond donors (Lipinski definition) is 1. The SMILES string of the molecule is Cc1sc2ncnc(Nc3ccc(Cl)cc3)c2c1-c1ccccc1.Cl. The van der Waals surface area contributed by atoms with Crippen molar-refractivity contribution in [2.24, 2.45) is 0 Å². The Morgan fingerprint density at radius 1 is 0.960 bits per heavy atom. The summed E-state index contributed by atoms with van der Waals surface area (Å²) in [6.07, 6.45) is 1.60. The van der Waals surface area contributed by atoms with Crippen LogP contribution in [0.15, 0.2) is 60.9 Å². The molecule has 1 N–H and O–H groups in total. The number of anilines is 2. The molecule has 0 aliphatic carbocycles. The summed E-state index contributed by atoms with van der Waals surface area (Å²) in [5.41, 5.74) is 3.31. The number of aromatic nitrogens is 2. The Kier molecular flexibility index (Phi) is 5.23. The number of thiophene rings is 1. The van der Waals surface area contributed by atoms with Crippen LogP contribution in [-0.4, -0.2) is 9.97 Å². The Hall–Kier alpha value is -2.14. The summed E-state index contributed by atoms with van der Waals surface area (Å²) in [5, 5.41) is 5.16. The normalized spacial score (nSPS) is 10.5. The highest BCUT2D eigenvalue weighted by Gasteiger charge is 2.16. The van der Waals surface area contributed by atoms with E-state index in [-0.39, 0.29) is 12.4 Å².